The lowest BCUT2D eigenvalue weighted by atomic mass is 10.1. The highest BCUT2D eigenvalue weighted by molar-refractivity contribution is 7.80. The van der Waals surface area contributed by atoms with E-state index in [1.165, 1.54) is 25.3 Å². The molecule has 0 unspecified atom stereocenters. The zero-order chi connectivity index (χ0) is 20.8. The number of benzene rings is 2. The summed E-state index contributed by atoms with van der Waals surface area (Å²) < 4.78 is 10.4. The van der Waals surface area contributed by atoms with Gasteiger partial charge in [0.25, 0.3) is 11.6 Å². The van der Waals surface area contributed by atoms with E-state index in [4.69, 9.17) is 21.7 Å². The number of carbonyl (C=O) groups excluding carboxylic acids is 1. The maximum atomic E-state index is 12.5. The number of hydrogen-bond acceptors (Lipinski definition) is 6. The molecule has 10 heteroatoms. The van der Waals surface area contributed by atoms with Gasteiger partial charge in [-0.05, 0) is 42.5 Å². The maximum Gasteiger partial charge on any atom is 0.273 e. The highest BCUT2D eigenvalue weighted by atomic mass is 32.1. The van der Waals surface area contributed by atoms with E-state index < -0.39 is 4.92 Å². The van der Waals surface area contributed by atoms with E-state index in [9.17, 15) is 14.9 Å². The van der Waals surface area contributed by atoms with Crippen LogP contribution in [0.1, 0.15) is 10.4 Å². The van der Waals surface area contributed by atoms with Crippen molar-refractivity contribution in [2.24, 2.45) is 0 Å². The minimum atomic E-state index is -0.497. The molecule has 0 aliphatic carbocycles. The van der Waals surface area contributed by atoms with Crippen molar-refractivity contribution in [3.63, 3.8) is 0 Å². The molecule has 0 spiro atoms. The van der Waals surface area contributed by atoms with E-state index in [1.54, 1.807) is 29.2 Å². The summed E-state index contributed by atoms with van der Waals surface area (Å²) in [5.41, 5.74) is 1.71. The SMILES string of the molecule is COc1cc([N+](=O)[O-])ccc1NC(=S)Nc1ccc(C(=O)N2CCOCC2)cc1. The molecule has 1 saturated heterocycles. The first kappa shape index (κ1) is 20.5. The van der Waals surface area contributed by atoms with Gasteiger partial charge in [-0.25, -0.2) is 0 Å². The topological polar surface area (TPSA) is 106 Å². The second-order valence-electron chi connectivity index (χ2n) is 6.20. The van der Waals surface area contributed by atoms with Crippen molar-refractivity contribution in [2.45, 2.75) is 0 Å². The number of anilines is 2. The number of morpholine rings is 1. The fourth-order valence-electron chi connectivity index (χ4n) is 2.83. The summed E-state index contributed by atoms with van der Waals surface area (Å²) in [6.45, 7) is 2.28. The number of non-ortho nitro benzene ring substituents is 1. The predicted octanol–water partition coefficient (Wildman–Crippen LogP) is 2.88. The van der Waals surface area contributed by atoms with Crippen LogP contribution in [0.15, 0.2) is 42.5 Å². The highest BCUT2D eigenvalue weighted by Gasteiger charge is 2.18. The summed E-state index contributed by atoms with van der Waals surface area (Å²) >= 11 is 5.30. The largest absolute Gasteiger partial charge is 0.494 e. The minimum absolute atomic E-state index is 0.0313. The van der Waals surface area contributed by atoms with Crippen LogP contribution in [0, 0.1) is 10.1 Å². The molecule has 2 aromatic carbocycles. The number of carbonyl (C=O) groups is 1. The second-order valence-corrected chi connectivity index (χ2v) is 6.61. The molecular weight excluding hydrogens is 396 g/mol. The Hall–Kier alpha value is -3.24. The summed E-state index contributed by atoms with van der Waals surface area (Å²) in [7, 11) is 1.42. The van der Waals surface area contributed by atoms with Crippen LogP contribution in [0.3, 0.4) is 0 Å². The van der Waals surface area contributed by atoms with Gasteiger partial charge >= 0.3 is 0 Å². The van der Waals surface area contributed by atoms with Gasteiger partial charge in [0.05, 0.1) is 37.0 Å². The number of nitrogens with zero attached hydrogens (tertiary/aromatic N) is 2. The van der Waals surface area contributed by atoms with Gasteiger partial charge in [-0.1, -0.05) is 0 Å². The molecule has 29 heavy (non-hydrogen) atoms. The van der Waals surface area contributed by atoms with Crippen LogP contribution < -0.4 is 15.4 Å². The Morgan fingerprint density at radius 1 is 1.17 bits per heavy atom. The summed E-state index contributed by atoms with van der Waals surface area (Å²) in [6.07, 6.45) is 0. The van der Waals surface area contributed by atoms with Crippen LogP contribution in [0.5, 0.6) is 5.75 Å². The molecule has 0 bridgehead atoms. The van der Waals surface area contributed by atoms with E-state index in [1.807, 2.05) is 0 Å². The highest BCUT2D eigenvalue weighted by Crippen LogP contribution is 2.29. The lowest BCUT2D eigenvalue weighted by Gasteiger charge is -2.26. The molecule has 0 radical (unpaired) electrons. The lowest BCUT2D eigenvalue weighted by Crippen LogP contribution is -2.40. The molecule has 9 nitrogen and oxygen atoms in total. The standard InChI is InChI=1S/C19H20N4O5S/c1-27-17-12-15(23(25)26)6-7-16(17)21-19(29)20-14-4-2-13(3-5-14)18(24)22-8-10-28-11-9-22/h2-7,12H,8-11H2,1H3,(H2,20,21,29). The second kappa shape index (κ2) is 9.30. The van der Waals surface area contributed by atoms with Crippen LogP contribution in [0.25, 0.3) is 0 Å². The molecule has 0 aromatic heterocycles. The van der Waals surface area contributed by atoms with Crippen LogP contribution in [-0.2, 0) is 4.74 Å². The van der Waals surface area contributed by atoms with E-state index >= 15 is 0 Å². The molecule has 0 saturated carbocycles. The van der Waals surface area contributed by atoms with Crippen LogP contribution >= 0.6 is 12.2 Å². The number of nitrogens with one attached hydrogen (secondary N) is 2. The number of hydrogen-bond donors (Lipinski definition) is 2. The van der Waals surface area contributed by atoms with Gasteiger partial charge in [0.1, 0.15) is 5.75 Å². The van der Waals surface area contributed by atoms with Gasteiger partial charge in [0, 0.05) is 30.4 Å². The van der Waals surface area contributed by atoms with Crippen molar-refractivity contribution in [1.29, 1.82) is 0 Å². The minimum Gasteiger partial charge on any atom is -0.494 e. The first-order valence-electron chi connectivity index (χ1n) is 8.85. The van der Waals surface area contributed by atoms with Gasteiger partial charge in [0.2, 0.25) is 0 Å². The van der Waals surface area contributed by atoms with Crippen molar-refractivity contribution < 1.29 is 19.2 Å². The average Bonchev–Trinajstić information content (AvgIpc) is 2.74. The Balaban J connectivity index is 1.62. The van der Waals surface area contributed by atoms with Gasteiger partial charge in [-0.3, -0.25) is 14.9 Å². The molecule has 2 aromatic rings. The first-order chi connectivity index (χ1) is 14.0. The lowest BCUT2D eigenvalue weighted by molar-refractivity contribution is -0.384. The smallest absolute Gasteiger partial charge is 0.273 e. The summed E-state index contributed by atoms with van der Waals surface area (Å²) in [6, 6.07) is 11.2. The Morgan fingerprint density at radius 3 is 2.48 bits per heavy atom. The molecule has 1 amide bonds. The number of thiocarbonyl (C=S) groups is 1. The maximum absolute atomic E-state index is 12.5. The van der Waals surface area contributed by atoms with Crippen molar-refractivity contribution >= 4 is 40.3 Å². The van der Waals surface area contributed by atoms with E-state index in [0.29, 0.717) is 49.0 Å². The zero-order valence-corrected chi connectivity index (χ0v) is 16.5. The number of nitro groups is 1. The summed E-state index contributed by atoms with van der Waals surface area (Å²) in [5, 5.41) is 17.1. The third-order valence-corrected chi connectivity index (χ3v) is 4.54. The zero-order valence-electron chi connectivity index (χ0n) is 15.7. The predicted molar refractivity (Wildman–Crippen MR) is 113 cm³/mol. The number of rotatable bonds is 5. The van der Waals surface area contributed by atoms with E-state index in [2.05, 4.69) is 10.6 Å². The Labute approximate surface area is 172 Å². The Bertz CT molecular complexity index is 913. The normalized spacial score (nSPS) is 13.5. The molecule has 3 rings (SSSR count). The molecule has 2 N–H and O–H groups in total. The third kappa shape index (κ3) is 5.18. The Kier molecular flexibility index (Phi) is 6.57. The number of ether oxygens (including phenoxy) is 2. The van der Waals surface area contributed by atoms with E-state index in [-0.39, 0.29) is 16.7 Å². The van der Waals surface area contributed by atoms with E-state index in [0.717, 1.165) is 0 Å². The van der Waals surface area contributed by atoms with Crippen molar-refractivity contribution in [1.82, 2.24) is 4.90 Å². The van der Waals surface area contributed by atoms with Gasteiger partial charge in [-0.15, -0.1) is 0 Å². The van der Waals surface area contributed by atoms with Gasteiger partial charge in [0.15, 0.2) is 5.11 Å². The quantitative estimate of drug-likeness (QED) is 0.435. The van der Waals surface area contributed by atoms with Crippen molar-refractivity contribution in [3.05, 3.63) is 58.1 Å². The average molecular weight is 416 g/mol. The number of methoxy groups -OCH3 is 1. The molecule has 0 atom stereocenters. The summed E-state index contributed by atoms with van der Waals surface area (Å²) in [5.74, 6) is 0.269. The fourth-order valence-corrected chi connectivity index (χ4v) is 3.05. The Morgan fingerprint density at radius 2 is 1.86 bits per heavy atom. The summed E-state index contributed by atoms with van der Waals surface area (Å²) in [4.78, 5) is 24.6. The van der Waals surface area contributed by atoms with Gasteiger partial charge in [-0.2, -0.15) is 0 Å². The fraction of sp³-hybridized carbons (Fsp3) is 0.263. The molecule has 152 valence electrons. The number of amides is 1. The van der Waals surface area contributed by atoms with Crippen LogP contribution in [0.4, 0.5) is 17.1 Å². The van der Waals surface area contributed by atoms with Crippen LogP contribution in [-0.4, -0.2) is 54.3 Å². The first-order valence-corrected chi connectivity index (χ1v) is 9.26. The van der Waals surface area contributed by atoms with Crippen LogP contribution in [0.2, 0.25) is 0 Å². The van der Waals surface area contributed by atoms with Crippen molar-refractivity contribution in [2.75, 3.05) is 44.0 Å². The molecular formula is C19H20N4O5S. The third-order valence-electron chi connectivity index (χ3n) is 4.33. The molecule has 1 heterocycles. The molecule has 1 aliphatic heterocycles. The van der Waals surface area contributed by atoms with Crippen molar-refractivity contribution in [3.8, 4) is 5.75 Å². The number of nitro benzene ring substituents is 1. The molecule has 1 fully saturated rings. The van der Waals surface area contributed by atoms with Gasteiger partial charge < -0.3 is 25.0 Å². The monoisotopic (exact) mass is 416 g/mol. The molecule has 1 aliphatic rings.